The van der Waals surface area contributed by atoms with Gasteiger partial charge in [-0.2, -0.15) is 0 Å². The van der Waals surface area contributed by atoms with Gasteiger partial charge in [0.25, 0.3) is 0 Å². The van der Waals surface area contributed by atoms with Crippen molar-refractivity contribution in [1.29, 1.82) is 0 Å². The molecule has 3 N–H and O–H groups in total. The lowest BCUT2D eigenvalue weighted by molar-refractivity contribution is -0.432. The van der Waals surface area contributed by atoms with Gasteiger partial charge < -0.3 is 15.1 Å². The van der Waals surface area contributed by atoms with Crippen LogP contribution >= 0.6 is 23.6 Å². The number of carbonyl (C=O) groups is 1. The van der Waals surface area contributed by atoms with Crippen molar-refractivity contribution >= 4 is 29.1 Å². The van der Waals surface area contributed by atoms with Gasteiger partial charge in [0.05, 0.1) is 12.0 Å². The molecule has 0 aliphatic heterocycles. The summed E-state index contributed by atoms with van der Waals surface area (Å²) >= 11 is 5.31. The third-order valence-electron chi connectivity index (χ3n) is 1.57. The molecule has 0 saturated carbocycles. The summed E-state index contributed by atoms with van der Waals surface area (Å²) in [5.41, 5.74) is -1.12. The van der Waals surface area contributed by atoms with E-state index in [1.54, 1.807) is 0 Å². The van der Waals surface area contributed by atoms with E-state index >= 15 is 0 Å². The van der Waals surface area contributed by atoms with Crippen molar-refractivity contribution < 1.29 is 34.5 Å². The Kier molecular flexibility index (Phi) is 4.26. The Hall–Kier alpha value is -1.13. The second-order valence-corrected chi connectivity index (χ2v) is 3.47. The molecule has 0 unspecified atom stereocenters. The predicted octanol–water partition coefficient (Wildman–Crippen LogP) is 1.42. The minimum Gasteiger partial charge on any atom is -0.492 e. The Balaban J connectivity index is 3.06. The van der Waals surface area contributed by atoms with Crippen LogP contribution in [0.1, 0.15) is 5.56 Å². The van der Waals surface area contributed by atoms with E-state index in [9.17, 15) is 15.0 Å². The zero-order chi connectivity index (χ0) is 12.3. The SMILES string of the molecule is Cc1c(SOOO)c(O)n(OC(=O)Cl)c1O. The Morgan fingerprint density at radius 2 is 2.06 bits per heavy atom. The van der Waals surface area contributed by atoms with E-state index in [1.807, 2.05) is 0 Å². The molecule has 0 bridgehead atoms. The van der Waals surface area contributed by atoms with Gasteiger partial charge in [-0.3, -0.25) is 0 Å². The van der Waals surface area contributed by atoms with E-state index in [0.29, 0.717) is 16.8 Å². The van der Waals surface area contributed by atoms with Crippen LogP contribution in [-0.2, 0) is 9.37 Å². The van der Waals surface area contributed by atoms with Gasteiger partial charge in [0.2, 0.25) is 11.8 Å². The highest BCUT2D eigenvalue weighted by Crippen LogP contribution is 2.39. The van der Waals surface area contributed by atoms with Crippen LogP contribution in [0.2, 0.25) is 0 Å². The van der Waals surface area contributed by atoms with Gasteiger partial charge in [-0.25, -0.2) is 10.1 Å². The molecular weight excluding hydrogens is 266 g/mol. The number of nitrogens with zero attached hydrogens (tertiary/aromatic N) is 1. The lowest BCUT2D eigenvalue weighted by Crippen LogP contribution is -2.12. The summed E-state index contributed by atoms with van der Waals surface area (Å²) in [4.78, 5) is 14.7. The molecule has 1 aromatic rings. The highest BCUT2D eigenvalue weighted by Gasteiger charge is 2.23. The van der Waals surface area contributed by atoms with E-state index in [-0.39, 0.29) is 10.5 Å². The first-order chi connectivity index (χ1) is 7.49. The van der Waals surface area contributed by atoms with Crippen LogP contribution in [0.15, 0.2) is 4.90 Å². The third-order valence-corrected chi connectivity index (χ3v) is 2.43. The number of halogens is 1. The maximum Gasteiger partial charge on any atom is 0.428 e. The number of rotatable bonds is 4. The zero-order valence-electron chi connectivity index (χ0n) is 7.71. The van der Waals surface area contributed by atoms with Crippen molar-refractivity contribution in [2.24, 2.45) is 0 Å². The van der Waals surface area contributed by atoms with Crippen molar-refractivity contribution in [3.8, 4) is 11.8 Å². The summed E-state index contributed by atoms with van der Waals surface area (Å²) in [7, 11) is 0. The number of carbonyl (C=O) groups excluding carboxylic acids is 1. The molecule has 90 valence electrons. The molecule has 0 radical (unpaired) electrons. The van der Waals surface area contributed by atoms with E-state index in [4.69, 9.17) is 16.9 Å². The minimum absolute atomic E-state index is 0.0236. The fourth-order valence-corrected chi connectivity index (χ4v) is 1.46. The van der Waals surface area contributed by atoms with Crippen molar-refractivity contribution in [3.63, 3.8) is 0 Å². The molecule has 0 fully saturated rings. The summed E-state index contributed by atoms with van der Waals surface area (Å²) in [5, 5.41) is 30.2. The van der Waals surface area contributed by atoms with Gasteiger partial charge in [-0.15, -0.1) is 9.06 Å². The lowest BCUT2D eigenvalue weighted by Gasteiger charge is -2.02. The first kappa shape index (κ1) is 12.9. The summed E-state index contributed by atoms with van der Waals surface area (Å²) in [5.74, 6) is -1.18. The van der Waals surface area contributed by atoms with Gasteiger partial charge in [0, 0.05) is 17.2 Å². The molecule has 1 aromatic heterocycles. The van der Waals surface area contributed by atoms with Crippen LogP contribution in [0.25, 0.3) is 0 Å². The number of aromatic hydroxyl groups is 2. The van der Waals surface area contributed by atoms with Gasteiger partial charge in [0.1, 0.15) is 4.90 Å². The highest BCUT2D eigenvalue weighted by atomic mass is 35.5. The number of hydrogen-bond acceptors (Lipinski definition) is 8. The molecule has 0 aliphatic carbocycles. The first-order valence-electron chi connectivity index (χ1n) is 3.64. The summed E-state index contributed by atoms with van der Waals surface area (Å²) in [6.45, 7) is 1.40. The monoisotopic (exact) mass is 271 g/mol. The summed E-state index contributed by atoms with van der Waals surface area (Å²) < 4.78 is 4.47. The minimum atomic E-state index is -1.25. The maximum absolute atomic E-state index is 10.4. The van der Waals surface area contributed by atoms with Crippen LogP contribution < -0.4 is 4.84 Å². The Labute approximate surface area is 97.9 Å². The summed E-state index contributed by atoms with van der Waals surface area (Å²) in [6, 6.07) is 0. The van der Waals surface area contributed by atoms with Crippen molar-refractivity contribution in [2.75, 3.05) is 0 Å². The molecule has 0 amide bonds. The molecule has 0 aromatic carbocycles. The fourth-order valence-electron chi connectivity index (χ4n) is 0.921. The Bertz CT molecular complexity index is 406. The number of aromatic nitrogens is 1. The third kappa shape index (κ3) is 2.51. The topological polar surface area (TPSA) is 110 Å². The highest BCUT2D eigenvalue weighted by molar-refractivity contribution is 7.94. The van der Waals surface area contributed by atoms with Gasteiger partial charge in [-0.1, -0.05) is 5.04 Å². The average molecular weight is 272 g/mol. The molecule has 10 heteroatoms. The van der Waals surface area contributed by atoms with Gasteiger partial charge in [0.15, 0.2) is 0 Å². The Morgan fingerprint density at radius 3 is 2.56 bits per heavy atom. The van der Waals surface area contributed by atoms with Crippen LogP contribution in [0.4, 0.5) is 4.79 Å². The predicted molar refractivity (Wildman–Crippen MR) is 51.0 cm³/mol. The molecule has 0 aliphatic rings. The van der Waals surface area contributed by atoms with Gasteiger partial charge >= 0.3 is 5.43 Å². The Morgan fingerprint density at radius 1 is 1.44 bits per heavy atom. The van der Waals surface area contributed by atoms with Crippen molar-refractivity contribution in [2.45, 2.75) is 11.8 Å². The van der Waals surface area contributed by atoms with Crippen molar-refractivity contribution in [1.82, 2.24) is 4.73 Å². The standard InChI is InChI=1S/C6H6ClNO7S/c1-2-3(16-15-14-12)5(10)8(4(2)9)13-6(7)11/h9-10,12H,1H3. The van der Waals surface area contributed by atoms with E-state index in [0.717, 1.165) is 0 Å². The maximum atomic E-state index is 10.4. The molecule has 1 rings (SSSR count). The second-order valence-electron chi connectivity index (χ2n) is 2.45. The molecular formula is C6H6ClNO7S. The van der Waals surface area contributed by atoms with Crippen LogP contribution in [0.3, 0.4) is 0 Å². The fraction of sp³-hybridized carbons (Fsp3) is 0.167. The van der Waals surface area contributed by atoms with Crippen LogP contribution in [-0.4, -0.2) is 25.6 Å². The number of hydrogen-bond donors (Lipinski definition) is 3. The molecule has 0 spiro atoms. The van der Waals surface area contributed by atoms with Crippen LogP contribution in [0, 0.1) is 6.92 Å². The quantitative estimate of drug-likeness (QED) is 0.326. The smallest absolute Gasteiger partial charge is 0.428 e. The van der Waals surface area contributed by atoms with E-state index < -0.39 is 17.2 Å². The molecule has 1 heterocycles. The first-order valence-corrected chi connectivity index (χ1v) is 4.76. The largest absolute Gasteiger partial charge is 0.492 e. The molecule has 16 heavy (non-hydrogen) atoms. The molecule has 0 atom stereocenters. The van der Waals surface area contributed by atoms with Crippen LogP contribution in [0.5, 0.6) is 11.8 Å². The normalized spacial score (nSPS) is 10.4. The van der Waals surface area contributed by atoms with Crippen molar-refractivity contribution in [3.05, 3.63) is 5.56 Å². The molecule has 8 nitrogen and oxygen atoms in total. The lowest BCUT2D eigenvalue weighted by atomic mass is 10.4. The van der Waals surface area contributed by atoms with E-state index in [2.05, 4.69) is 14.2 Å². The average Bonchev–Trinajstić information content (AvgIpc) is 2.41. The summed E-state index contributed by atoms with van der Waals surface area (Å²) in [6.07, 6.45) is 0. The van der Waals surface area contributed by atoms with Gasteiger partial charge in [-0.05, 0) is 6.92 Å². The second kappa shape index (κ2) is 5.27. The van der Waals surface area contributed by atoms with E-state index in [1.165, 1.54) is 6.92 Å². The zero-order valence-corrected chi connectivity index (χ0v) is 9.28. The molecule has 0 saturated heterocycles.